The molecule has 0 aliphatic rings. The van der Waals surface area contributed by atoms with E-state index in [1.54, 1.807) is 0 Å². The minimum atomic E-state index is 0. The van der Waals surface area contributed by atoms with Crippen molar-refractivity contribution in [2.45, 2.75) is 6.92 Å². The Kier molecular flexibility index (Phi) is 3.25. The molecule has 0 amide bonds. The topological polar surface area (TPSA) is 3.88 Å². The Labute approximate surface area is 95.4 Å². The molecule has 0 aliphatic heterocycles. The number of fused-ring (bicyclic) bond motifs is 1. The molecule has 2 rings (SSSR count). The van der Waals surface area contributed by atoms with Crippen LogP contribution in [-0.2, 0) is 7.05 Å². The van der Waals surface area contributed by atoms with Crippen LogP contribution in [0, 0.1) is 6.92 Å². The average Bonchev–Trinajstić information content (AvgIpc) is 2.04. The van der Waals surface area contributed by atoms with Crippen molar-refractivity contribution in [3.05, 3.63) is 42.1 Å². The summed E-state index contributed by atoms with van der Waals surface area (Å²) in [7, 11) is 2.07. The van der Waals surface area contributed by atoms with Gasteiger partial charge in [-0.2, -0.15) is 0 Å². The predicted molar refractivity (Wildman–Crippen MR) is 49.9 cm³/mol. The van der Waals surface area contributed by atoms with Crippen molar-refractivity contribution in [2.24, 2.45) is 7.05 Å². The second kappa shape index (κ2) is 4.05. The molecule has 2 aromatic rings. The SMILES string of the molecule is Cc1ccc2c(ccc[n+]2C)c1.[I-]. The van der Waals surface area contributed by atoms with E-state index in [-0.39, 0.29) is 24.0 Å². The molecular weight excluding hydrogens is 273 g/mol. The fourth-order valence-corrected chi connectivity index (χ4v) is 1.48. The van der Waals surface area contributed by atoms with Crippen LogP contribution < -0.4 is 28.5 Å². The van der Waals surface area contributed by atoms with Crippen LogP contribution in [0.5, 0.6) is 0 Å². The van der Waals surface area contributed by atoms with E-state index in [0.717, 1.165) is 0 Å². The molecule has 1 nitrogen and oxygen atoms in total. The molecule has 0 saturated carbocycles. The molecule has 1 aromatic carbocycles. The minimum Gasteiger partial charge on any atom is -1.00 e. The van der Waals surface area contributed by atoms with E-state index in [2.05, 4.69) is 55.1 Å². The van der Waals surface area contributed by atoms with Crippen LogP contribution >= 0.6 is 0 Å². The lowest BCUT2D eigenvalue weighted by molar-refractivity contribution is -0.644. The molecule has 0 saturated heterocycles. The number of pyridine rings is 1. The Morgan fingerprint density at radius 3 is 2.69 bits per heavy atom. The predicted octanol–water partition coefficient (Wildman–Crippen LogP) is -1.02. The average molecular weight is 285 g/mol. The molecule has 13 heavy (non-hydrogen) atoms. The third kappa shape index (κ3) is 1.99. The van der Waals surface area contributed by atoms with Crippen molar-refractivity contribution in [1.29, 1.82) is 0 Å². The van der Waals surface area contributed by atoms with Gasteiger partial charge in [-0.15, -0.1) is 0 Å². The number of halogens is 1. The maximum Gasteiger partial charge on any atom is 0.212 e. The Bertz CT molecular complexity index is 423. The van der Waals surface area contributed by atoms with E-state index >= 15 is 0 Å². The standard InChI is InChI=1S/C11H12N.HI/c1-9-5-6-11-10(8-9)4-3-7-12(11)2;/h3-8H,1-2H3;1H/q+1;/p-1. The Hall–Kier alpha value is -0.640. The third-order valence-electron chi connectivity index (χ3n) is 2.15. The van der Waals surface area contributed by atoms with Crippen molar-refractivity contribution in [2.75, 3.05) is 0 Å². The summed E-state index contributed by atoms with van der Waals surface area (Å²) in [5.41, 5.74) is 2.59. The van der Waals surface area contributed by atoms with Crippen LogP contribution in [0.25, 0.3) is 10.9 Å². The number of aromatic nitrogens is 1. The van der Waals surface area contributed by atoms with Crippen molar-refractivity contribution in [1.82, 2.24) is 0 Å². The fourth-order valence-electron chi connectivity index (χ4n) is 1.48. The van der Waals surface area contributed by atoms with Crippen molar-refractivity contribution < 1.29 is 28.5 Å². The highest BCUT2D eigenvalue weighted by Crippen LogP contribution is 2.10. The molecule has 0 bridgehead atoms. The molecule has 0 atom stereocenters. The first kappa shape index (κ1) is 10.4. The first-order valence-corrected chi connectivity index (χ1v) is 4.12. The normalized spacial score (nSPS) is 9.69. The molecular formula is C11H12IN. The molecule has 0 unspecified atom stereocenters. The quantitative estimate of drug-likeness (QED) is 0.431. The van der Waals surface area contributed by atoms with Gasteiger partial charge in [0.25, 0.3) is 0 Å². The zero-order chi connectivity index (χ0) is 8.55. The first-order valence-electron chi connectivity index (χ1n) is 4.12. The van der Waals surface area contributed by atoms with Gasteiger partial charge in [-0.25, -0.2) is 4.57 Å². The molecule has 0 N–H and O–H groups in total. The highest BCUT2D eigenvalue weighted by molar-refractivity contribution is 5.75. The first-order chi connectivity index (χ1) is 5.77. The summed E-state index contributed by atoms with van der Waals surface area (Å²) in [5, 5.41) is 1.31. The zero-order valence-electron chi connectivity index (χ0n) is 7.79. The van der Waals surface area contributed by atoms with Crippen molar-refractivity contribution >= 4 is 10.9 Å². The second-order valence-electron chi connectivity index (χ2n) is 3.18. The van der Waals surface area contributed by atoms with Gasteiger partial charge in [0.15, 0.2) is 6.20 Å². The highest BCUT2D eigenvalue weighted by Gasteiger charge is 2.01. The van der Waals surface area contributed by atoms with Crippen LogP contribution in [0.1, 0.15) is 5.56 Å². The molecule has 0 radical (unpaired) electrons. The Morgan fingerprint density at radius 2 is 1.92 bits per heavy atom. The number of rotatable bonds is 0. The van der Waals surface area contributed by atoms with E-state index < -0.39 is 0 Å². The molecule has 1 aromatic heterocycles. The number of hydrogen-bond acceptors (Lipinski definition) is 0. The lowest BCUT2D eigenvalue weighted by Crippen LogP contribution is -3.00. The summed E-state index contributed by atoms with van der Waals surface area (Å²) in [6, 6.07) is 10.7. The Morgan fingerprint density at radius 1 is 1.15 bits per heavy atom. The summed E-state index contributed by atoms with van der Waals surface area (Å²) in [5.74, 6) is 0. The van der Waals surface area contributed by atoms with E-state index in [0.29, 0.717) is 0 Å². The van der Waals surface area contributed by atoms with Gasteiger partial charge in [0.05, 0.1) is 0 Å². The highest BCUT2D eigenvalue weighted by atomic mass is 127. The van der Waals surface area contributed by atoms with Gasteiger partial charge < -0.3 is 24.0 Å². The van der Waals surface area contributed by atoms with E-state index in [4.69, 9.17) is 0 Å². The summed E-state index contributed by atoms with van der Waals surface area (Å²) in [6.45, 7) is 2.12. The van der Waals surface area contributed by atoms with Crippen LogP contribution in [0.2, 0.25) is 0 Å². The van der Waals surface area contributed by atoms with E-state index in [1.165, 1.54) is 16.5 Å². The van der Waals surface area contributed by atoms with Gasteiger partial charge in [-0.1, -0.05) is 11.6 Å². The number of benzene rings is 1. The summed E-state index contributed by atoms with van der Waals surface area (Å²) in [4.78, 5) is 0. The van der Waals surface area contributed by atoms with Crippen LogP contribution in [0.15, 0.2) is 36.5 Å². The van der Waals surface area contributed by atoms with Crippen molar-refractivity contribution in [3.8, 4) is 0 Å². The van der Waals surface area contributed by atoms with Crippen LogP contribution in [-0.4, -0.2) is 0 Å². The van der Waals surface area contributed by atoms with Gasteiger partial charge in [0, 0.05) is 17.5 Å². The largest absolute Gasteiger partial charge is 1.00 e. The lowest BCUT2D eigenvalue weighted by Gasteiger charge is -1.96. The molecule has 2 heteroatoms. The van der Waals surface area contributed by atoms with Gasteiger partial charge in [0.1, 0.15) is 7.05 Å². The molecule has 68 valence electrons. The number of aryl methyl sites for hydroxylation is 2. The van der Waals surface area contributed by atoms with Crippen LogP contribution in [0.4, 0.5) is 0 Å². The molecule has 0 spiro atoms. The molecule has 0 aliphatic carbocycles. The smallest absolute Gasteiger partial charge is 0.212 e. The molecule has 1 heterocycles. The summed E-state index contributed by atoms with van der Waals surface area (Å²) < 4.78 is 2.13. The Balaban J connectivity index is 0.000000845. The second-order valence-corrected chi connectivity index (χ2v) is 3.18. The maximum atomic E-state index is 2.20. The number of hydrogen-bond donors (Lipinski definition) is 0. The third-order valence-corrected chi connectivity index (χ3v) is 2.15. The van der Waals surface area contributed by atoms with Gasteiger partial charge >= 0.3 is 0 Å². The van der Waals surface area contributed by atoms with Gasteiger partial charge in [-0.3, -0.25) is 0 Å². The lowest BCUT2D eigenvalue weighted by atomic mass is 10.1. The van der Waals surface area contributed by atoms with Gasteiger partial charge in [0.2, 0.25) is 5.52 Å². The zero-order valence-corrected chi connectivity index (χ0v) is 9.95. The summed E-state index contributed by atoms with van der Waals surface area (Å²) in [6.07, 6.45) is 2.07. The molecule has 0 fully saturated rings. The maximum absolute atomic E-state index is 2.20. The number of nitrogens with zero attached hydrogens (tertiary/aromatic N) is 1. The van der Waals surface area contributed by atoms with Gasteiger partial charge in [-0.05, 0) is 19.1 Å². The van der Waals surface area contributed by atoms with E-state index in [9.17, 15) is 0 Å². The van der Waals surface area contributed by atoms with Crippen LogP contribution in [0.3, 0.4) is 0 Å². The fraction of sp³-hybridized carbons (Fsp3) is 0.182. The van der Waals surface area contributed by atoms with E-state index in [1.807, 2.05) is 0 Å². The minimum absolute atomic E-state index is 0. The summed E-state index contributed by atoms with van der Waals surface area (Å²) >= 11 is 0. The van der Waals surface area contributed by atoms with Crippen molar-refractivity contribution in [3.63, 3.8) is 0 Å². The monoisotopic (exact) mass is 285 g/mol.